The van der Waals surface area contributed by atoms with E-state index >= 15 is 0 Å². The van der Waals surface area contributed by atoms with Crippen molar-refractivity contribution >= 4 is 5.65 Å². The average Bonchev–Trinajstić information content (AvgIpc) is 3.04. The Bertz CT molecular complexity index is 531. The van der Waals surface area contributed by atoms with Crippen LogP contribution < -0.4 is 4.74 Å². The van der Waals surface area contributed by atoms with E-state index in [4.69, 9.17) is 4.74 Å². The predicted molar refractivity (Wildman–Crippen MR) is 68.9 cm³/mol. The lowest BCUT2D eigenvalue weighted by Crippen LogP contribution is -2.22. The highest BCUT2D eigenvalue weighted by molar-refractivity contribution is 5.52. The summed E-state index contributed by atoms with van der Waals surface area (Å²) in [5.41, 5.74) is 0.802. The molecule has 5 heteroatoms. The van der Waals surface area contributed by atoms with Gasteiger partial charge in [0.25, 0.3) is 0 Å². The maximum atomic E-state index is 5.28. The molecule has 1 saturated heterocycles. The summed E-state index contributed by atoms with van der Waals surface area (Å²) in [6.07, 6.45) is 5.47. The van der Waals surface area contributed by atoms with Gasteiger partial charge < -0.3 is 9.64 Å². The SMILES string of the molecule is COc1cccn2nc(CCN3CCCC3)nc12. The van der Waals surface area contributed by atoms with Gasteiger partial charge in [-0.1, -0.05) is 0 Å². The number of rotatable bonds is 4. The first-order chi connectivity index (χ1) is 8.86. The molecule has 5 nitrogen and oxygen atoms in total. The molecule has 0 aliphatic carbocycles. The smallest absolute Gasteiger partial charge is 0.198 e. The molecule has 3 heterocycles. The second kappa shape index (κ2) is 4.94. The molecule has 2 aromatic rings. The molecule has 0 aromatic carbocycles. The van der Waals surface area contributed by atoms with Crippen LogP contribution in [-0.2, 0) is 6.42 Å². The zero-order valence-electron chi connectivity index (χ0n) is 10.7. The Morgan fingerprint density at radius 2 is 2.17 bits per heavy atom. The molecule has 0 amide bonds. The first-order valence-corrected chi connectivity index (χ1v) is 6.47. The van der Waals surface area contributed by atoms with E-state index in [0.29, 0.717) is 0 Å². The van der Waals surface area contributed by atoms with Crippen LogP contribution >= 0.6 is 0 Å². The highest BCUT2D eigenvalue weighted by atomic mass is 16.5. The highest BCUT2D eigenvalue weighted by Gasteiger charge is 2.13. The summed E-state index contributed by atoms with van der Waals surface area (Å²) in [7, 11) is 1.66. The number of aromatic nitrogens is 3. The number of fused-ring (bicyclic) bond motifs is 1. The number of methoxy groups -OCH3 is 1. The minimum atomic E-state index is 0.775. The van der Waals surface area contributed by atoms with Crippen molar-refractivity contribution in [2.24, 2.45) is 0 Å². The normalized spacial score (nSPS) is 16.5. The largest absolute Gasteiger partial charge is 0.493 e. The second-order valence-electron chi connectivity index (χ2n) is 4.67. The minimum absolute atomic E-state index is 0.775. The summed E-state index contributed by atoms with van der Waals surface area (Å²) >= 11 is 0. The van der Waals surface area contributed by atoms with Crippen molar-refractivity contribution in [3.63, 3.8) is 0 Å². The summed E-state index contributed by atoms with van der Waals surface area (Å²) in [5, 5.41) is 4.48. The molecule has 1 fully saturated rings. The topological polar surface area (TPSA) is 42.7 Å². The van der Waals surface area contributed by atoms with Crippen LogP contribution in [0.5, 0.6) is 5.75 Å². The molecule has 0 atom stereocenters. The van der Waals surface area contributed by atoms with E-state index in [1.807, 2.05) is 18.3 Å². The Labute approximate surface area is 106 Å². The standard InChI is InChI=1S/C13H18N4O/c1-18-11-5-4-9-17-13(11)14-12(15-17)6-10-16-7-2-3-8-16/h4-5,9H,2-3,6-8,10H2,1H3. The van der Waals surface area contributed by atoms with E-state index in [0.717, 1.165) is 30.2 Å². The maximum Gasteiger partial charge on any atom is 0.198 e. The van der Waals surface area contributed by atoms with E-state index in [-0.39, 0.29) is 0 Å². The monoisotopic (exact) mass is 246 g/mol. The Kier molecular flexibility index (Phi) is 3.15. The van der Waals surface area contributed by atoms with Crippen molar-refractivity contribution in [2.45, 2.75) is 19.3 Å². The highest BCUT2D eigenvalue weighted by Crippen LogP contribution is 2.17. The number of pyridine rings is 1. The molecule has 0 radical (unpaired) electrons. The van der Waals surface area contributed by atoms with Gasteiger partial charge in [0.1, 0.15) is 0 Å². The summed E-state index contributed by atoms with van der Waals surface area (Å²) < 4.78 is 7.07. The van der Waals surface area contributed by atoms with Gasteiger partial charge >= 0.3 is 0 Å². The van der Waals surface area contributed by atoms with Crippen molar-refractivity contribution in [1.29, 1.82) is 0 Å². The molecular formula is C13H18N4O. The summed E-state index contributed by atoms with van der Waals surface area (Å²) in [5.74, 6) is 1.67. The van der Waals surface area contributed by atoms with Gasteiger partial charge in [-0.2, -0.15) is 5.10 Å². The second-order valence-corrected chi connectivity index (χ2v) is 4.67. The van der Waals surface area contributed by atoms with E-state index in [1.54, 1.807) is 11.6 Å². The number of hydrogen-bond acceptors (Lipinski definition) is 4. The van der Waals surface area contributed by atoms with Crippen molar-refractivity contribution < 1.29 is 4.74 Å². The fraction of sp³-hybridized carbons (Fsp3) is 0.538. The van der Waals surface area contributed by atoms with Crippen LogP contribution in [0.1, 0.15) is 18.7 Å². The summed E-state index contributed by atoms with van der Waals surface area (Å²) in [6.45, 7) is 3.49. The third-order valence-electron chi connectivity index (χ3n) is 3.44. The molecule has 0 N–H and O–H groups in total. The zero-order valence-corrected chi connectivity index (χ0v) is 10.7. The fourth-order valence-corrected chi connectivity index (χ4v) is 2.46. The Morgan fingerprint density at radius 1 is 1.33 bits per heavy atom. The van der Waals surface area contributed by atoms with Gasteiger partial charge in [-0.25, -0.2) is 9.50 Å². The van der Waals surface area contributed by atoms with E-state index in [2.05, 4.69) is 15.0 Å². The molecule has 0 spiro atoms. The van der Waals surface area contributed by atoms with Crippen LogP contribution in [0.2, 0.25) is 0 Å². The third-order valence-corrected chi connectivity index (χ3v) is 3.44. The molecule has 1 aliphatic rings. The van der Waals surface area contributed by atoms with Crippen LogP contribution in [0.25, 0.3) is 5.65 Å². The molecule has 3 rings (SSSR count). The van der Waals surface area contributed by atoms with Crippen molar-refractivity contribution in [3.8, 4) is 5.75 Å². The molecule has 1 aliphatic heterocycles. The van der Waals surface area contributed by atoms with E-state index in [9.17, 15) is 0 Å². The van der Waals surface area contributed by atoms with Crippen molar-refractivity contribution in [1.82, 2.24) is 19.5 Å². The van der Waals surface area contributed by atoms with Crippen LogP contribution in [-0.4, -0.2) is 46.2 Å². The molecule has 2 aromatic heterocycles. The van der Waals surface area contributed by atoms with Crippen LogP contribution in [0.15, 0.2) is 18.3 Å². The number of nitrogens with zero attached hydrogens (tertiary/aromatic N) is 4. The van der Waals surface area contributed by atoms with Crippen molar-refractivity contribution in [3.05, 3.63) is 24.2 Å². The van der Waals surface area contributed by atoms with Crippen LogP contribution in [0.3, 0.4) is 0 Å². The molecule has 0 unspecified atom stereocenters. The number of likely N-dealkylation sites (tertiary alicyclic amines) is 1. The van der Waals surface area contributed by atoms with Gasteiger partial charge in [0, 0.05) is 19.2 Å². The third kappa shape index (κ3) is 2.18. The number of hydrogen-bond donors (Lipinski definition) is 0. The lowest BCUT2D eigenvalue weighted by Gasteiger charge is -2.12. The quantitative estimate of drug-likeness (QED) is 0.817. The maximum absolute atomic E-state index is 5.28. The van der Waals surface area contributed by atoms with E-state index in [1.165, 1.54) is 25.9 Å². The molecule has 0 saturated carbocycles. The molecule has 0 bridgehead atoms. The summed E-state index contributed by atoms with van der Waals surface area (Å²) in [6, 6.07) is 3.83. The minimum Gasteiger partial charge on any atom is -0.493 e. The Balaban J connectivity index is 1.76. The molecule has 18 heavy (non-hydrogen) atoms. The van der Waals surface area contributed by atoms with Gasteiger partial charge in [-0.05, 0) is 38.1 Å². The van der Waals surface area contributed by atoms with E-state index < -0.39 is 0 Å². The average molecular weight is 246 g/mol. The van der Waals surface area contributed by atoms with Gasteiger partial charge in [-0.15, -0.1) is 0 Å². The van der Waals surface area contributed by atoms with Crippen LogP contribution in [0, 0.1) is 0 Å². The Hall–Kier alpha value is -1.62. The Morgan fingerprint density at radius 3 is 2.94 bits per heavy atom. The lowest BCUT2D eigenvalue weighted by molar-refractivity contribution is 0.341. The molecular weight excluding hydrogens is 228 g/mol. The predicted octanol–water partition coefficient (Wildman–Crippen LogP) is 1.38. The molecule has 96 valence electrons. The van der Waals surface area contributed by atoms with Gasteiger partial charge in [0.15, 0.2) is 17.2 Å². The van der Waals surface area contributed by atoms with Crippen LogP contribution in [0.4, 0.5) is 0 Å². The van der Waals surface area contributed by atoms with Gasteiger partial charge in [0.05, 0.1) is 7.11 Å². The summed E-state index contributed by atoms with van der Waals surface area (Å²) in [4.78, 5) is 7.02. The first-order valence-electron chi connectivity index (χ1n) is 6.47. The first kappa shape index (κ1) is 11.5. The fourth-order valence-electron chi connectivity index (χ4n) is 2.46. The van der Waals surface area contributed by atoms with Gasteiger partial charge in [0.2, 0.25) is 0 Å². The van der Waals surface area contributed by atoms with Crippen molar-refractivity contribution in [2.75, 3.05) is 26.7 Å². The van der Waals surface area contributed by atoms with Gasteiger partial charge in [-0.3, -0.25) is 0 Å². The zero-order chi connectivity index (χ0) is 12.4. The lowest BCUT2D eigenvalue weighted by atomic mass is 10.4. The number of ether oxygens (including phenoxy) is 1.